The number of alkyl halides is 3. The number of hydrogen-bond acceptors (Lipinski definition) is 3. The van der Waals surface area contributed by atoms with Gasteiger partial charge in [-0.15, -0.1) is 0 Å². The predicted octanol–water partition coefficient (Wildman–Crippen LogP) is -0.418. The molecular weight excluding hydrogens is 235 g/mol. The highest BCUT2D eigenvalue weighted by atomic mass is 32.2. The van der Waals surface area contributed by atoms with Crippen LogP contribution in [-0.2, 0) is 10.2 Å². The van der Waals surface area contributed by atoms with Crippen LogP contribution in [0, 0.1) is 0 Å². The Balaban J connectivity index is 3.78. The highest BCUT2D eigenvalue weighted by Gasteiger charge is 2.29. The Morgan fingerprint density at radius 2 is 1.73 bits per heavy atom. The van der Waals surface area contributed by atoms with Crippen molar-refractivity contribution >= 4 is 10.2 Å². The molecule has 0 saturated carbocycles. The number of rotatable bonds is 7. The third-order valence-corrected chi connectivity index (χ3v) is 2.47. The van der Waals surface area contributed by atoms with E-state index in [1.165, 1.54) is 4.72 Å². The molecule has 0 fully saturated rings. The number of halogens is 3. The number of nitrogens with one attached hydrogen (secondary N) is 3. The van der Waals surface area contributed by atoms with E-state index >= 15 is 0 Å². The van der Waals surface area contributed by atoms with Gasteiger partial charge < -0.3 is 5.32 Å². The van der Waals surface area contributed by atoms with Crippen molar-refractivity contribution in [2.24, 2.45) is 0 Å². The van der Waals surface area contributed by atoms with Crippen LogP contribution in [0.2, 0.25) is 0 Å². The molecule has 0 aromatic heterocycles. The van der Waals surface area contributed by atoms with Gasteiger partial charge in [0, 0.05) is 6.54 Å². The third-order valence-electron chi connectivity index (χ3n) is 1.36. The Kier molecular flexibility index (Phi) is 6.10. The summed E-state index contributed by atoms with van der Waals surface area (Å²) >= 11 is 0. The molecule has 0 unspecified atom stereocenters. The van der Waals surface area contributed by atoms with E-state index in [-0.39, 0.29) is 6.54 Å². The molecule has 0 aromatic carbocycles. The predicted molar refractivity (Wildman–Crippen MR) is 49.5 cm³/mol. The van der Waals surface area contributed by atoms with Crippen molar-refractivity contribution in [1.29, 1.82) is 0 Å². The average molecular weight is 249 g/mol. The second-order valence-electron chi connectivity index (χ2n) is 2.79. The lowest BCUT2D eigenvalue weighted by molar-refractivity contribution is -0.121. The van der Waals surface area contributed by atoms with Gasteiger partial charge in [0.05, 0.1) is 0 Å². The van der Waals surface area contributed by atoms with Gasteiger partial charge in [-0.05, 0) is 20.0 Å². The van der Waals surface area contributed by atoms with Gasteiger partial charge in [0.2, 0.25) is 0 Å². The lowest BCUT2D eigenvalue weighted by Gasteiger charge is -2.09. The van der Waals surface area contributed by atoms with E-state index < -0.39 is 22.9 Å². The summed E-state index contributed by atoms with van der Waals surface area (Å²) in [6.07, 6.45) is -4.04. The minimum atomic E-state index is -4.54. The normalized spacial score (nSPS) is 13.1. The van der Waals surface area contributed by atoms with Crippen LogP contribution in [0.25, 0.3) is 0 Å². The van der Waals surface area contributed by atoms with E-state index in [1.54, 1.807) is 7.05 Å². The summed E-state index contributed by atoms with van der Waals surface area (Å²) in [6, 6.07) is 0. The van der Waals surface area contributed by atoms with Crippen molar-refractivity contribution < 1.29 is 21.6 Å². The van der Waals surface area contributed by atoms with Gasteiger partial charge in [-0.25, -0.2) is 4.72 Å². The molecule has 0 aliphatic heterocycles. The molecule has 0 aromatic rings. The van der Waals surface area contributed by atoms with Gasteiger partial charge in [0.15, 0.2) is 0 Å². The summed E-state index contributed by atoms with van der Waals surface area (Å²) < 4.78 is 60.2. The third kappa shape index (κ3) is 9.91. The summed E-state index contributed by atoms with van der Waals surface area (Å²) in [5.41, 5.74) is 0. The van der Waals surface area contributed by atoms with Crippen LogP contribution >= 0.6 is 0 Å². The molecule has 0 radical (unpaired) electrons. The number of hydrogen-bond donors (Lipinski definition) is 3. The Morgan fingerprint density at radius 1 is 1.13 bits per heavy atom. The van der Waals surface area contributed by atoms with E-state index in [0.717, 1.165) is 0 Å². The average Bonchev–Trinajstić information content (AvgIpc) is 2.09. The van der Waals surface area contributed by atoms with Crippen molar-refractivity contribution in [2.75, 3.05) is 26.7 Å². The first-order valence-corrected chi connectivity index (χ1v) is 5.71. The Morgan fingerprint density at radius 3 is 2.20 bits per heavy atom. The topological polar surface area (TPSA) is 70.2 Å². The van der Waals surface area contributed by atoms with Gasteiger partial charge in [-0.1, -0.05) is 0 Å². The van der Waals surface area contributed by atoms with Crippen molar-refractivity contribution in [3.63, 3.8) is 0 Å². The van der Waals surface area contributed by atoms with Gasteiger partial charge in [-0.3, -0.25) is 0 Å². The van der Waals surface area contributed by atoms with E-state index in [4.69, 9.17) is 0 Å². The molecule has 0 saturated heterocycles. The Labute approximate surface area is 86.6 Å². The van der Waals surface area contributed by atoms with E-state index in [2.05, 4.69) is 5.32 Å². The largest absolute Gasteiger partial charge is 0.402 e. The fourth-order valence-corrected chi connectivity index (χ4v) is 1.57. The lowest BCUT2D eigenvalue weighted by Crippen LogP contribution is -2.42. The molecular formula is C6H14F3N3O2S. The zero-order valence-electron chi connectivity index (χ0n) is 8.19. The monoisotopic (exact) mass is 249 g/mol. The second-order valence-corrected chi connectivity index (χ2v) is 4.38. The molecule has 0 aliphatic carbocycles. The first-order chi connectivity index (χ1) is 6.77. The minimum Gasteiger partial charge on any atom is -0.320 e. The highest BCUT2D eigenvalue weighted by molar-refractivity contribution is 7.87. The molecule has 92 valence electrons. The highest BCUT2D eigenvalue weighted by Crippen LogP contribution is 2.12. The molecule has 15 heavy (non-hydrogen) atoms. The molecule has 0 amide bonds. The fourth-order valence-electron chi connectivity index (χ4n) is 0.700. The summed E-state index contributed by atoms with van der Waals surface area (Å²) in [5.74, 6) is 0. The molecule has 0 bridgehead atoms. The van der Waals surface area contributed by atoms with Crippen molar-refractivity contribution in [3.8, 4) is 0 Å². The molecule has 0 rings (SSSR count). The van der Waals surface area contributed by atoms with Crippen LogP contribution in [0.4, 0.5) is 13.2 Å². The van der Waals surface area contributed by atoms with E-state index in [1.807, 2.05) is 4.72 Å². The quantitative estimate of drug-likeness (QED) is 0.537. The fraction of sp³-hybridized carbons (Fsp3) is 1.00. The maximum absolute atomic E-state index is 11.7. The van der Waals surface area contributed by atoms with Crippen LogP contribution in [-0.4, -0.2) is 41.3 Å². The van der Waals surface area contributed by atoms with Crippen LogP contribution in [0.1, 0.15) is 6.42 Å². The van der Waals surface area contributed by atoms with Crippen LogP contribution in [0.15, 0.2) is 0 Å². The van der Waals surface area contributed by atoms with E-state index in [9.17, 15) is 21.6 Å². The first kappa shape index (κ1) is 14.6. The molecule has 3 N–H and O–H groups in total. The van der Waals surface area contributed by atoms with Crippen molar-refractivity contribution in [3.05, 3.63) is 0 Å². The van der Waals surface area contributed by atoms with Gasteiger partial charge in [0.25, 0.3) is 10.2 Å². The zero-order valence-corrected chi connectivity index (χ0v) is 9.00. The summed E-state index contributed by atoms with van der Waals surface area (Å²) in [6.45, 7) is -0.885. The van der Waals surface area contributed by atoms with Gasteiger partial charge >= 0.3 is 6.18 Å². The summed E-state index contributed by atoms with van der Waals surface area (Å²) in [4.78, 5) is 0. The van der Waals surface area contributed by atoms with Gasteiger partial charge in [-0.2, -0.15) is 26.3 Å². The first-order valence-electron chi connectivity index (χ1n) is 4.22. The Hall–Kier alpha value is -0.380. The molecule has 9 heteroatoms. The summed E-state index contributed by atoms with van der Waals surface area (Å²) in [5, 5.41) is 2.77. The van der Waals surface area contributed by atoms with Crippen molar-refractivity contribution in [1.82, 2.24) is 14.8 Å². The maximum atomic E-state index is 11.7. The molecule has 0 atom stereocenters. The lowest BCUT2D eigenvalue weighted by atomic mass is 10.4. The van der Waals surface area contributed by atoms with Crippen LogP contribution < -0.4 is 14.8 Å². The molecule has 0 heterocycles. The SMILES string of the molecule is CNCCCNS(=O)(=O)NCC(F)(F)F. The molecule has 0 aliphatic rings. The molecule has 5 nitrogen and oxygen atoms in total. The minimum absolute atomic E-state index is 0.0913. The zero-order chi connectivity index (χ0) is 11.9. The second kappa shape index (κ2) is 6.26. The standard InChI is InChI=1S/C6H14F3N3O2S/c1-10-3-2-4-11-15(13,14)12-5-6(7,8)9/h10-12H,2-5H2,1H3. The summed E-state index contributed by atoms with van der Waals surface area (Å²) in [7, 11) is -2.35. The molecule has 0 spiro atoms. The smallest absolute Gasteiger partial charge is 0.320 e. The maximum Gasteiger partial charge on any atom is 0.402 e. The Bertz CT molecular complexity index is 265. The van der Waals surface area contributed by atoms with Crippen molar-refractivity contribution in [2.45, 2.75) is 12.6 Å². The van der Waals surface area contributed by atoms with Gasteiger partial charge in [0.1, 0.15) is 6.54 Å². The van der Waals surface area contributed by atoms with E-state index in [0.29, 0.717) is 13.0 Å². The van der Waals surface area contributed by atoms with Crippen LogP contribution in [0.3, 0.4) is 0 Å². The van der Waals surface area contributed by atoms with Crippen LogP contribution in [0.5, 0.6) is 0 Å².